The van der Waals surface area contributed by atoms with Crippen molar-refractivity contribution in [2.45, 2.75) is 109 Å². The lowest BCUT2D eigenvalue weighted by molar-refractivity contribution is -0.119. The minimum atomic E-state index is -0.0648. The molecule has 1 aromatic heterocycles. The average Bonchev–Trinajstić information content (AvgIpc) is 3.29. The fourth-order valence-electron chi connectivity index (χ4n) is 6.47. The summed E-state index contributed by atoms with van der Waals surface area (Å²) in [5.41, 5.74) is 2.94. The first-order valence-electron chi connectivity index (χ1n) is 14.2. The van der Waals surface area contributed by atoms with Crippen molar-refractivity contribution in [3.63, 3.8) is 0 Å². The Bertz CT molecular complexity index is 1000. The summed E-state index contributed by atoms with van der Waals surface area (Å²) in [4.78, 5) is 30.7. The van der Waals surface area contributed by atoms with E-state index >= 15 is 0 Å². The van der Waals surface area contributed by atoms with Crippen LogP contribution in [0.2, 0.25) is 0 Å². The second-order valence-corrected chi connectivity index (χ2v) is 12.0. The molecule has 0 spiro atoms. The smallest absolute Gasteiger partial charge is 0.254 e. The van der Waals surface area contributed by atoms with Crippen molar-refractivity contribution < 1.29 is 9.59 Å². The lowest BCUT2D eigenvalue weighted by Crippen LogP contribution is -2.48. The maximum Gasteiger partial charge on any atom is 0.254 e. The second-order valence-electron chi connectivity index (χ2n) is 10.9. The van der Waals surface area contributed by atoms with Crippen LogP contribution in [-0.4, -0.2) is 35.3 Å². The third-order valence-corrected chi connectivity index (χ3v) is 9.57. The quantitative estimate of drug-likeness (QED) is 0.431. The highest BCUT2D eigenvalue weighted by Crippen LogP contribution is 2.38. The Morgan fingerprint density at radius 1 is 0.833 bits per heavy atom. The van der Waals surface area contributed by atoms with Crippen LogP contribution in [0.1, 0.15) is 103 Å². The molecule has 36 heavy (non-hydrogen) atoms. The number of nitrogens with one attached hydrogen (secondary N) is 2. The number of thiophene rings is 1. The van der Waals surface area contributed by atoms with Gasteiger partial charge in [-0.25, -0.2) is 0 Å². The maximum atomic E-state index is 13.5. The van der Waals surface area contributed by atoms with Gasteiger partial charge in [0.1, 0.15) is 5.00 Å². The Balaban J connectivity index is 1.31. The molecule has 2 fully saturated rings. The molecular weight excluding hydrogens is 466 g/mol. The molecule has 0 bridgehead atoms. The molecule has 2 aromatic rings. The van der Waals surface area contributed by atoms with E-state index in [0.717, 1.165) is 41.8 Å². The van der Waals surface area contributed by atoms with Crippen LogP contribution in [0, 0.1) is 0 Å². The number of amides is 2. The van der Waals surface area contributed by atoms with Crippen LogP contribution >= 0.6 is 11.3 Å². The molecule has 2 saturated carbocycles. The summed E-state index contributed by atoms with van der Waals surface area (Å²) in [5, 5.41) is 7.10. The maximum absolute atomic E-state index is 13.5. The largest absolute Gasteiger partial charge is 0.348 e. The molecule has 0 radical (unpaired) electrons. The van der Waals surface area contributed by atoms with Gasteiger partial charge in [0.15, 0.2) is 0 Å². The van der Waals surface area contributed by atoms with Gasteiger partial charge in [0, 0.05) is 23.5 Å². The number of carbonyl (C=O) groups is 2. The monoisotopic (exact) mass is 507 g/mol. The molecule has 5 nitrogen and oxygen atoms in total. The molecule has 3 aliphatic rings. The van der Waals surface area contributed by atoms with Crippen LogP contribution in [0.3, 0.4) is 0 Å². The lowest BCUT2D eigenvalue weighted by atomic mass is 9.88. The van der Waals surface area contributed by atoms with Crippen molar-refractivity contribution in [2.75, 3.05) is 11.9 Å². The van der Waals surface area contributed by atoms with Crippen molar-refractivity contribution in [1.29, 1.82) is 0 Å². The first-order chi connectivity index (χ1) is 17.7. The molecule has 6 heteroatoms. The fourth-order valence-corrected chi connectivity index (χ4v) is 7.78. The van der Waals surface area contributed by atoms with E-state index in [9.17, 15) is 9.59 Å². The van der Waals surface area contributed by atoms with Crippen molar-refractivity contribution in [3.8, 4) is 0 Å². The summed E-state index contributed by atoms with van der Waals surface area (Å²) in [7, 11) is 0. The van der Waals surface area contributed by atoms with Gasteiger partial charge < -0.3 is 10.6 Å². The Morgan fingerprint density at radius 2 is 1.47 bits per heavy atom. The predicted molar refractivity (Wildman–Crippen MR) is 148 cm³/mol. The highest BCUT2D eigenvalue weighted by atomic mass is 32.1. The van der Waals surface area contributed by atoms with Gasteiger partial charge in [-0.1, -0.05) is 68.9 Å². The van der Waals surface area contributed by atoms with E-state index in [4.69, 9.17) is 0 Å². The Morgan fingerprint density at radius 3 is 2.14 bits per heavy atom. The minimum absolute atomic E-state index is 0.0434. The summed E-state index contributed by atoms with van der Waals surface area (Å²) < 4.78 is 0. The predicted octanol–water partition coefficient (Wildman–Crippen LogP) is 6.46. The number of aryl methyl sites for hydroxylation is 1. The van der Waals surface area contributed by atoms with Crippen molar-refractivity contribution >= 4 is 28.2 Å². The highest BCUT2D eigenvalue weighted by molar-refractivity contribution is 7.17. The van der Waals surface area contributed by atoms with Gasteiger partial charge in [-0.05, 0) is 62.5 Å². The van der Waals surface area contributed by atoms with Crippen LogP contribution in [0.25, 0.3) is 0 Å². The number of anilines is 1. The van der Waals surface area contributed by atoms with E-state index in [2.05, 4.69) is 15.5 Å². The molecule has 0 atom stereocenters. The molecule has 0 saturated heterocycles. The summed E-state index contributed by atoms with van der Waals surface area (Å²) in [6, 6.07) is 11.1. The van der Waals surface area contributed by atoms with E-state index < -0.39 is 0 Å². The lowest BCUT2D eigenvalue weighted by Gasteiger charge is -2.41. The third-order valence-electron chi connectivity index (χ3n) is 8.36. The Hall–Kier alpha value is -2.18. The summed E-state index contributed by atoms with van der Waals surface area (Å²) in [6.07, 6.45) is 16.8. The molecule has 1 aromatic carbocycles. The first-order valence-corrected chi connectivity index (χ1v) is 15.0. The number of hydrogen-bond donors (Lipinski definition) is 2. The first kappa shape index (κ1) is 25.5. The Kier molecular flexibility index (Phi) is 8.75. The number of fused-ring (bicyclic) bond motifs is 1. The second kappa shape index (κ2) is 12.4. The van der Waals surface area contributed by atoms with E-state index in [0.29, 0.717) is 30.7 Å². The molecule has 0 unspecified atom stereocenters. The summed E-state index contributed by atoms with van der Waals surface area (Å²) in [5.74, 6) is -0.0215. The number of benzene rings is 1. The normalized spacial score (nSPS) is 19.1. The molecular formula is C30H41N3O2S. The molecule has 3 aliphatic carbocycles. The zero-order valence-corrected chi connectivity index (χ0v) is 22.3. The molecule has 2 N–H and O–H groups in total. The number of hydrogen-bond acceptors (Lipinski definition) is 4. The number of carbonyl (C=O) groups excluding carboxylic acids is 2. The van der Waals surface area contributed by atoms with E-state index in [-0.39, 0.29) is 11.8 Å². The van der Waals surface area contributed by atoms with Gasteiger partial charge in [0.05, 0.1) is 12.1 Å². The molecule has 2 amide bonds. The SMILES string of the molecule is O=C(CN(C1CCCCC1)C1CCCCC1)Nc1sc2c(c1C(=O)NCc1ccccc1)CCCC2. The van der Waals surface area contributed by atoms with Crippen LogP contribution in [-0.2, 0) is 24.2 Å². The van der Waals surface area contributed by atoms with Crippen LogP contribution in [0.5, 0.6) is 0 Å². The average molecular weight is 508 g/mol. The van der Waals surface area contributed by atoms with Crippen LogP contribution in [0.15, 0.2) is 30.3 Å². The van der Waals surface area contributed by atoms with Gasteiger partial charge in [-0.3, -0.25) is 14.5 Å². The Labute approximate surface area is 220 Å². The van der Waals surface area contributed by atoms with Crippen LogP contribution < -0.4 is 10.6 Å². The zero-order chi connectivity index (χ0) is 24.7. The van der Waals surface area contributed by atoms with Crippen molar-refractivity contribution in [3.05, 3.63) is 51.9 Å². The van der Waals surface area contributed by atoms with Gasteiger partial charge >= 0.3 is 0 Å². The zero-order valence-electron chi connectivity index (χ0n) is 21.5. The van der Waals surface area contributed by atoms with Crippen LogP contribution in [0.4, 0.5) is 5.00 Å². The molecule has 1 heterocycles. The standard InChI is InChI=1S/C30H41N3O2S/c34-27(21-33(23-14-6-2-7-15-23)24-16-8-3-9-17-24)32-30-28(25-18-10-11-19-26(25)36-30)29(35)31-20-22-12-4-1-5-13-22/h1,4-5,12-13,23-24H,2-3,6-11,14-21H2,(H,31,35)(H,32,34). The summed E-state index contributed by atoms with van der Waals surface area (Å²) in [6.45, 7) is 0.942. The van der Waals surface area contributed by atoms with Gasteiger partial charge in [-0.2, -0.15) is 0 Å². The topological polar surface area (TPSA) is 61.4 Å². The van der Waals surface area contributed by atoms with Gasteiger partial charge in [0.2, 0.25) is 5.91 Å². The van der Waals surface area contributed by atoms with Crippen molar-refractivity contribution in [2.24, 2.45) is 0 Å². The summed E-state index contributed by atoms with van der Waals surface area (Å²) >= 11 is 1.63. The van der Waals surface area contributed by atoms with E-state index in [1.54, 1.807) is 11.3 Å². The van der Waals surface area contributed by atoms with E-state index in [1.807, 2.05) is 30.3 Å². The molecule has 5 rings (SSSR count). The number of rotatable bonds is 8. The van der Waals surface area contributed by atoms with E-state index in [1.165, 1.54) is 69.1 Å². The number of nitrogens with zero attached hydrogens (tertiary/aromatic N) is 1. The third kappa shape index (κ3) is 6.20. The highest BCUT2D eigenvalue weighted by Gasteiger charge is 2.31. The molecule has 194 valence electrons. The van der Waals surface area contributed by atoms with Gasteiger partial charge in [-0.15, -0.1) is 11.3 Å². The van der Waals surface area contributed by atoms with Crippen molar-refractivity contribution in [1.82, 2.24) is 10.2 Å². The minimum Gasteiger partial charge on any atom is -0.348 e. The van der Waals surface area contributed by atoms with Gasteiger partial charge in [0.25, 0.3) is 5.91 Å². The fraction of sp³-hybridized carbons (Fsp3) is 0.600. The molecule has 0 aliphatic heterocycles.